The van der Waals surface area contributed by atoms with E-state index in [0.29, 0.717) is 0 Å². The molecule has 3 N–H and O–H groups in total. The average Bonchev–Trinajstić information content (AvgIpc) is 2.46. The highest BCUT2D eigenvalue weighted by molar-refractivity contribution is 5.88. The number of piperazine rings is 1. The molecule has 1 saturated heterocycles. The molecule has 1 aromatic heterocycles. The fourth-order valence-corrected chi connectivity index (χ4v) is 2.54. The van der Waals surface area contributed by atoms with E-state index in [0.717, 1.165) is 31.9 Å². The van der Waals surface area contributed by atoms with Gasteiger partial charge in [0.2, 0.25) is 0 Å². The Kier molecular flexibility index (Phi) is 4.13. The van der Waals surface area contributed by atoms with Gasteiger partial charge in [0.15, 0.2) is 5.84 Å². The molecule has 110 valence electrons. The summed E-state index contributed by atoms with van der Waals surface area (Å²) in [7, 11) is 0. The highest BCUT2D eigenvalue weighted by atomic mass is 16.4. The van der Waals surface area contributed by atoms with Crippen LogP contribution >= 0.6 is 0 Å². The Bertz CT molecular complexity index is 492. The number of nitrogens with zero attached hydrogens (tertiary/aromatic N) is 4. The van der Waals surface area contributed by atoms with Crippen LogP contribution in [0.3, 0.4) is 0 Å². The summed E-state index contributed by atoms with van der Waals surface area (Å²) >= 11 is 0. The Hall–Kier alpha value is -1.82. The third-order valence-corrected chi connectivity index (χ3v) is 4.05. The molecule has 0 saturated carbocycles. The van der Waals surface area contributed by atoms with E-state index in [1.54, 1.807) is 0 Å². The first kappa shape index (κ1) is 14.6. The Balaban J connectivity index is 2.03. The average molecular weight is 277 g/mol. The zero-order valence-electron chi connectivity index (χ0n) is 12.4. The van der Waals surface area contributed by atoms with Gasteiger partial charge >= 0.3 is 0 Å². The molecule has 0 aliphatic carbocycles. The van der Waals surface area contributed by atoms with E-state index >= 15 is 0 Å². The second-order valence-electron chi connectivity index (χ2n) is 5.67. The van der Waals surface area contributed by atoms with Gasteiger partial charge in [0.25, 0.3) is 0 Å². The van der Waals surface area contributed by atoms with Crippen LogP contribution in [0.1, 0.15) is 19.5 Å². The summed E-state index contributed by atoms with van der Waals surface area (Å²) in [5, 5.41) is 12.0. The number of hydrogen-bond donors (Lipinski definition) is 2. The normalized spacial score (nSPS) is 18.4. The lowest BCUT2D eigenvalue weighted by molar-refractivity contribution is 0.161. The zero-order chi connectivity index (χ0) is 14.8. The van der Waals surface area contributed by atoms with E-state index in [4.69, 9.17) is 10.9 Å². The van der Waals surface area contributed by atoms with Crippen molar-refractivity contribution >= 4 is 11.5 Å². The number of nitrogens with two attached hydrogens (primary N) is 1. The monoisotopic (exact) mass is 277 g/mol. The van der Waals surface area contributed by atoms with Gasteiger partial charge in [0.1, 0.15) is 0 Å². The third kappa shape index (κ3) is 2.85. The first-order valence-electron chi connectivity index (χ1n) is 6.86. The van der Waals surface area contributed by atoms with Crippen molar-refractivity contribution in [2.75, 3.05) is 31.1 Å². The highest BCUT2D eigenvalue weighted by Crippen LogP contribution is 2.21. The van der Waals surface area contributed by atoms with Crippen LogP contribution in [0.25, 0.3) is 0 Å². The SMILES string of the molecule is Cc1cc(N2CCN(C(C)(C)/C(N)=N/O)CC2)ccn1. The Morgan fingerprint density at radius 2 is 2.00 bits per heavy atom. The molecule has 0 bridgehead atoms. The smallest absolute Gasteiger partial charge is 0.159 e. The van der Waals surface area contributed by atoms with Crippen molar-refractivity contribution in [1.29, 1.82) is 0 Å². The van der Waals surface area contributed by atoms with Crippen molar-refractivity contribution in [3.05, 3.63) is 24.0 Å². The van der Waals surface area contributed by atoms with Crippen LogP contribution in [-0.2, 0) is 0 Å². The number of aryl methyl sites for hydroxylation is 1. The third-order valence-electron chi connectivity index (χ3n) is 4.05. The predicted octanol–water partition coefficient (Wildman–Crippen LogP) is 1.04. The van der Waals surface area contributed by atoms with E-state index in [1.807, 2.05) is 33.0 Å². The maximum atomic E-state index is 8.88. The van der Waals surface area contributed by atoms with Gasteiger partial charge in [-0.05, 0) is 32.9 Å². The number of rotatable bonds is 3. The van der Waals surface area contributed by atoms with Crippen molar-refractivity contribution in [3.8, 4) is 0 Å². The molecule has 0 aromatic carbocycles. The quantitative estimate of drug-likeness (QED) is 0.373. The van der Waals surface area contributed by atoms with Crippen LogP contribution in [0, 0.1) is 6.92 Å². The molecule has 0 amide bonds. The number of oxime groups is 1. The van der Waals surface area contributed by atoms with Crippen LogP contribution in [0.15, 0.2) is 23.5 Å². The van der Waals surface area contributed by atoms with Gasteiger partial charge in [-0.3, -0.25) is 9.88 Å². The predicted molar refractivity (Wildman–Crippen MR) is 80.2 cm³/mol. The fourth-order valence-electron chi connectivity index (χ4n) is 2.54. The van der Waals surface area contributed by atoms with E-state index < -0.39 is 5.54 Å². The summed E-state index contributed by atoms with van der Waals surface area (Å²) in [6.07, 6.45) is 1.84. The number of pyridine rings is 1. The summed E-state index contributed by atoms with van der Waals surface area (Å²) in [4.78, 5) is 8.81. The Labute approximate surface area is 119 Å². The first-order valence-corrected chi connectivity index (χ1v) is 6.86. The molecule has 0 spiro atoms. The minimum atomic E-state index is -0.422. The fraction of sp³-hybridized carbons (Fsp3) is 0.571. The molecule has 6 heteroatoms. The van der Waals surface area contributed by atoms with E-state index in [2.05, 4.69) is 26.0 Å². The van der Waals surface area contributed by atoms with Gasteiger partial charge in [-0.2, -0.15) is 0 Å². The lowest BCUT2D eigenvalue weighted by Gasteiger charge is -2.43. The molecule has 0 atom stereocenters. The van der Waals surface area contributed by atoms with Gasteiger partial charge in [-0.1, -0.05) is 5.16 Å². The van der Waals surface area contributed by atoms with Crippen molar-refractivity contribution in [3.63, 3.8) is 0 Å². The van der Waals surface area contributed by atoms with Gasteiger partial charge in [-0.25, -0.2) is 0 Å². The molecule has 2 heterocycles. The van der Waals surface area contributed by atoms with Crippen molar-refractivity contribution in [1.82, 2.24) is 9.88 Å². The minimum absolute atomic E-state index is 0.255. The van der Waals surface area contributed by atoms with Crippen LogP contribution in [0.5, 0.6) is 0 Å². The molecule has 0 unspecified atom stereocenters. The molecule has 1 aliphatic heterocycles. The first-order chi connectivity index (χ1) is 9.45. The van der Waals surface area contributed by atoms with Crippen LogP contribution in [0.4, 0.5) is 5.69 Å². The minimum Gasteiger partial charge on any atom is -0.409 e. The summed E-state index contributed by atoms with van der Waals surface area (Å²) < 4.78 is 0. The summed E-state index contributed by atoms with van der Waals surface area (Å²) in [6.45, 7) is 9.57. The zero-order valence-corrected chi connectivity index (χ0v) is 12.4. The van der Waals surface area contributed by atoms with Crippen molar-refractivity contribution < 1.29 is 5.21 Å². The van der Waals surface area contributed by atoms with Crippen LogP contribution in [-0.4, -0.2) is 52.6 Å². The molecular formula is C14H23N5O. The number of hydrogen-bond acceptors (Lipinski definition) is 5. The molecule has 2 rings (SSSR count). The summed E-state index contributed by atoms with van der Waals surface area (Å²) in [6, 6.07) is 4.14. The maximum Gasteiger partial charge on any atom is 0.159 e. The lowest BCUT2D eigenvalue weighted by Crippen LogP contribution is -2.59. The molecule has 6 nitrogen and oxygen atoms in total. The highest BCUT2D eigenvalue weighted by Gasteiger charge is 2.33. The van der Waals surface area contributed by atoms with Crippen molar-refractivity contribution in [2.24, 2.45) is 10.9 Å². The summed E-state index contributed by atoms with van der Waals surface area (Å²) in [5.74, 6) is 0.255. The van der Waals surface area contributed by atoms with Gasteiger partial charge in [0.05, 0.1) is 5.54 Å². The van der Waals surface area contributed by atoms with Gasteiger partial charge in [-0.15, -0.1) is 0 Å². The second kappa shape index (κ2) is 5.66. The topological polar surface area (TPSA) is 78.0 Å². The van der Waals surface area contributed by atoms with Gasteiger partial charge in [0, 0.05) is 43.8 Å². The number of anilines is 1. The number of amidine groups is 1. The molecule has 1 fully saturated rings. The van der Waals surface area contributed by atoms with Crippen molar-refractivity contribution in [2.45, 2.75) is 26.3 Å². The standard InChI is InChI=1S/C14H23N5O/c1-11-10-12(4-5-16-11)18-6-8-19(9-7-18)14(2,3)13(15)17-20/h4-5,10,20H,6-9H2,1-3H3,(H2,15,17). The number of aromatic nitrogens is 1. The lowest BCUT2D eigenvalue weighted by atomic mass is 10.00. The molecule has 0 radical (unpaired) electrons. The van der Waals surface area contributed by atoms with E-state index in [9.17, 15) is 0 Å². The Morgan fingerprint density at radius 3 is 2.55 bits per heavy atom. The molecule has 1 aliphatic rings. The van der Waals surface area contributed by atoms with E-state index in [-0.39, 0.29) is 5.84 Å². The Morgan fingerprint density at radius 1 is 1.35 bits per heavy atom. The largest absolute Gasteiger partial charge is 0.409 e. The van der Waals surface area contributed by atoms with E-state index in [1.165, 1.54) is 5.69 Å². The summed E-state index contributed by atoms with van der Waals surface area (Å²) in [5.41, 5.74) is 7.60. The second-order valence-corrected chi connectivity index (χ2v) is 5.67. The molecule has 1 aromatic rings. The maximum absolute atomic E-state index is 8.88. The molecular weight excluding hydrogens is 254 g/mol. The van der Waals surface area contributed by atoms with Crippen LogP contribution < -0.4 is 10.6 Å². The van der Waals surface area contributed by atoms with Crippen LogP contribution in [0.2, 0.25) is 0 Å². The van der Waals surface area contributed by atoms with Gasteiger partial charge < -0.3 is 15.8 Å². The molecule has 20 heavy (non-hydrogen) atoms.